The highest BCUT2D eigenvalue weighted by Gasteiger charge is 2.22. The molecule has 0 saturated heterocycles. The van der Waals surface area contributed by atoms with Gasteiger partial charge in [-0.05, 0) is 37.7 Å². The van der Waals surface area contributed by atoms with Crippen molar-refractivity contribution in [3.8, 4) is 0 Å². The topological polar surface area (TPSA) is 34.4 Å². The summed E-state index contributed by atoms with van der Waals surface area (Å²) in [7, 11) is 0. The maximum atomic E-state index is 6.02. The first-order chi connectivity index (χ1) is 9.31. The van der Waals surface area contributed by atoms with Crippen LogP contribution in [0.4, 0.5) is 0 Å². The molecule has 2 saturated carbocycles. The summed E-state index contributed by atoms with van der Waals surface area (Å²) in [5.41, 5.74) is 1.24. The fourth-order valence-corrected chi connectivity index (χ4v) is 2.86. The summed E-state index contributed by atoms with van der Waals surface area (Å²) in [6.07, 6.45) is 10.1. The summed E-state index contributed by atoms with van der Waals surface area (Å²) in [5, 5.41) is 3.50. The summed E-state index contributed by atoms with van der Waals surface area (Å²) in [6.45, 7) is 3.85. The summed E-state index contributed by atoms with van der Waals surface area (Å²) < 4.78 is 11.6. The van der Waals surface area contributed by atoms with E-state index in [1.165, 1.54) is 44.1 Å². The molecule has 0 amide bonds. The van der Waals surface area contributed by atoms with Gasteiger partial charge in [0.1, 0.15) is 12.4 Å². The molecule has 3 heteroatoms. The van der Waals surface area contributed by atoms with Gasteiger partial charge in [-0.2, -0.15) is 0 Å². The van der Waals surface area contributed by atoms with Gasteiger partial charge in [0.25, 0.3) is 0 Å². The predicted octanol–water partition coefficient (Wildman–Crippen LogP) is 3.63. The minimum absolute atomic E-state index is 0.423. The Morgan fingerprint density at radius 2 is 2.11 bits per heavy atom. The lowest BCUT2D eigenvalue weighted by Gasteiger charge is -2.28. The number of hydrogen-bond acceptors (Lipinski definition) is 3. The molecule has 2 aliphatic carbocycles. The maximum absolute atomic E-state index is 6.02. The van der Waals surface area contributed by atoms with E-state index in [0.717, 1.165) is 18.3 Å². The molecular formula is C16H25NO2. The third kappa shape index (κ3) is 3.83. The molecule has 1 N–H and O–H groups in total. The molecule has 2 fully saturated rings. The smallest absolute Gasteiger partial charge is 0.129 e. The van der Waals surface area contributed by atoms with Crippen LogP contribution in [-0.4, -0.2) is 12.1 Å². The van der Waals surface area contributed by atoms with E-state index in [1.807, 2.05) is 6.26 Å². The highest BCUT2D eigenvalue weighted by molar-refractivity contribution is 5.12. The van der Waals surface area contributed by atoms with Gasteiger partial charge in [-0.25, -0.2) is 0 Å². The molecule has 3 nitrogen and oxygen atoms in total. The van der Waals surface area contributed by atoms with Crippen LogP contribution in [0.2, 0.25) is 0 Å². The van der Waals surface area contributed by atoms with E-state index in [0.29, 0.717) is 18.6 Å². The average Bonchev–Trinajstić information content (AvgIpc) is 3.14. The third-order valence-electron chi connectivity index (χ3n) is 4.35. The molecule has 106 valence electrons. The second kappa shape index (κ2) is 6.10. The fraction of sp³-hybridized carbons (Fsp3) is 0.750. The summed E-state index contributed by atoms with van der Waals surface area (Å²) in [5.74, 6) is 1.66. The van der Waals surface area contributed by atoms with Crippen molar-refractivity contribution >= 4 is 0 Å². The van der Waals surface area contributed by atoms with Crippen LogP contribution in [-0.2, 0) is 17.9 Å². The van der Waals surface area contributed by atoms with Gasteiger partial charge in [-0.1, -0.05) is 19.8 Å². The van der Waals surface area contributed by atoms with Crippen molar-refractivity contribution < 1.29 is 9.15 Å². The monoisotopic (exact) mass is 263 g/mol. The van der Waals surface area contributed by atoms with E-state index in [1.54, 1.807) is 0 Å². The predicted molar refractivity (Wildman–Crippen MR) is 74.8 cm³/mol. The molecule has 1 aromatic rings. The lowest BCUT2D eigenvalue weighted by molar-refractivity contribution is -0.0219. The van der Waals surface area contributed by atoms with Crippen molar-refractivity contribution in [2.24, 2.45) is 5.92 Å². The van der Waals surface area contributed by atoms with Crippen molar-refractivity contribution in [2.45, 2.75) is 70.7 Å². The standard InChI is InChI=1S/C16H25NO2/c1-12-4-2-3-5-16(12)19-11-15-8-13(10-18-15)9-17-14-6-7-14/h8,10,12,14,16-17H,2-7,9,11H2,1H3. The zero-order chi connectivity index (χ0) is 13.1. The van der Waals surface area contributed by atoms with Crippen LogP contribution in [0.5, 0.6) is 0 Å². The molecule has 0 radical (unpaired) electrons. The summed E-state index contributed by atoms with van der Waals surface area (Å²) >= 11 is 0. The number of ether oxygens (including phenoxy) is 1. The second-order valence-corrected chi connectivity index (χ2v) is 6.19. The summed E-state index contributed by atoms with van der Waals surface area (Å²) in [4.78, 5) is 0. The SMILES string of the molecule is CC1CCCCC1OCc1cc(CNC2CC2)co1. The first-order valence-corrected chi connectivity index (χ1v) is 7.72. The molecular weight excluding hydrogens is 238 g/mol. The van der Waals surface area contributed by atoms with Crippen LogP contribution in [0.1, 0.15) is 56.8 Å². The molecule has 0 aromatic carbocycles. The van der Waals surface area contributed by atoms with Gasteiger partial charge < -0.3 is 14.5 Å². The third-order valence-corrected chi connectivity index (χ3v) is 4.35. The molecule has 0 bridgehead atoms. The largest absolute Gasteiger partial charge is 0.467 e. The van der Waals surface area contributed by atoms with Crippen molar-refractivity contribution in [1.82, 2.24) is 5.32 Å². The van der Waals surface area contributed by atoms with Gasteiger partial charge in [0.05, 0.1) is 12.4 Å². The van der Waals surface area contributed by atoms with Gasteiger partial charge in [-0.15, -0.1) is 0 Å². The Labute approximate surface area is 115 Å². The number of hydrogen-bond donors (Lipinski definition) is 1. The van der Waals surface area contributed by atoms with Gasteiger partial charge >= 0.3 is 0 Å². The molecule has 2 aliphatic rings. The minimum Gasteiger partial charge on any atom is -0.467 e. The van der Waals surface area contributed by atoms with Gasteiger partial charge in [0.15, 0.2) is 0 Å². The molecule has 1 heterocycles. The molecule has 2 atom stereocenters. The normalized spacial score (nSPS) is 27.6. The van der Waals surface area contributed by atoms with Crippen molar-refractivity contribution in [3.63, 3.8) is 0 Å². The Morgan fingerprint density at radius 1 is 1.26 bits per heavy atom. The fourth-order valence-electron chi connectivity index (χ4n) is 2.86. The van der Waals surface area contributed by atoms with Crippen LogP contribution in [0, 0.1) is 5.92 Å². The molecule has 19 heavy (non-hydrogen) atoms. The Balaban J connectivity index is 1.43. The zero-order valence-corrected chi connectivity index (χ0v) is 11.9. The van der Waals surface area contributed by atoms with Crippen LogP contribution in [0.25, 0.3) is 0 Å². The van der Waals surface area contributed by atoms with Crippen LogP contribution >= 0.6 is 0 Å². The Bertz CT molecular complexity index is 397. The average molecular weight is 263 g/mol. The molecule has 0 spiro atoms. The van der Waals surface area contributed by atoms with Crippen LogP contribution in [0.3, 0.4) is 0 Å². The number of rotatable bonds is 6. The lowest BCUT2D eigenvalue weighted by Crippen LogP contribution is -2.25. The Morgan fingerprint density at radius 3 is 2.89 bits per heavy atom. The Hall–Kier alpha value is -0.800. The van der Waals surface area contributed by atoms with Crippen molar-refractivity contribution in [2.75, 3.05) is 0 Å². The number of nitrogens with one attached hydrogen (secondary N) is 1. The molecule has 2 unspecified atom stereocenters. The van der Waals surface area contributed by atoms with E-state index in [9.17, 15) is 0 Å². The first-order valence-electron chi connectivity index (χ1n) is 7.72. The van der Waals surface area contributed by atoms with Crippen LogP contribution in [0.15, 0.2) is 16.7 Å². The van der Waals surface area contributed by atoms with E-state index < -0.39 is 0 Å². The zero-order valence-electron chi connectivity index (χ0n) is 11.9. The van der Waals surface area contributed by atoms with E-state index >= 15 is 0 Å². The summed E-state index contributed by atoms with van der Waals surface area (Å²) in [6, 6.07) is 2.88. The van der Waals surface area contributed by atoms with E-state index in [4.69, 9.17) is 9.15 Å². The van der Waals surface area contributed by atoms with Gasteiger partial charge in [0.2, 0.25) is 0 Å². The lowest BCUT2D eigenvalue weighted by atomic mass is 9.88. The molecule has 0 aliphatic heterocycles. The van der Waals surface area contributed by atoms with Gasteiger partial charge in [0, 0.05) is 18.2 Å². The van der Waals surface area contributed by atoms with Crippen molar-refractivity contribution in [3.05, 3.63) is 23.7 Å². The maximum Gasteiger partial charge on any atom is 0.129 e. The highest BCUT2D eigenvalue weighted by Crippen LogP contribution is 2.27. The first kappa shape index (κ1) is 13.2. The molecule has 3 rings (SSSR count). The minimum atomic E-state index is 0.423. The van der Waals surface area contributed by atoms with E-state index in [-0.39, 0.29) is 0 Å². The number of furan rings is 1. The van der Waals surface area contributed by atoms with E-state index in [2.05, 4.69) is 18.3 Å². The Kier molecular flexibility index (Phi) is 4.24. The van der Waals surface area contributed by atoms with Gasteiger partial charge in [-0.3, -0.25) is 0 Å². The quantitative estimate of drug-likeness (QED) is 0.851. The molecule has 1 aromatic heterocycles. The second-order valence-electron chi connectivity index (χ2n) is 6.19. The van der Waals surface area contributed by atoms with Crippen molar-refractivity contribution in [1.29, 1.82) is 0 Å². The van der Waals surface area contributed by atoms with Crippen LogP contribution < -0.4 is 5.32 Å². The highest BCUT2D eigenvalue weighted by atomic mass is 16.5.